The molecule has 0 amide bonds. The first-order valence-corrected chi connectivity index (χ1v) is 6.53. The third-order valence-electron chi connectivity index (χ3n) is 3.48. The van der Waals surface area contributed by atoms with Crippen LogP contribution in [0.2, 0.25) is 0 Å². The van der Waals surface area contributed by atoms with Crippen molar-refractivity contribution in [2.45, 2.75) is 19.8 Å². The maximum Gasteiger partial charge on any atom is 0.193 e. The molecule has 19 heavy (non-hydrogen) atoms. The number of carbonyl (C=O) groups is 1. The molecule has 0 fully saturated rings. The van der Waals surface area contributed by atoms with E-state index in [0.29, 0.717) is 6.61 Å². The van der Waals surface area contributed by atoms with Gasteiger partial charge in [0.1, 0.15) is 5.75 Å². The smallest absolute Gasteiger partial charge is 0.193 e. The van der Waals surface area contributed by atoms with Crippen molar-refractivity contribution in [3.8, 4) is 5.75 Å². The van der Waals surface area contributed by atoms with Crippen LogP contribution in [0.4, 0.5) is 0 Å². The van der Waals surface area contributed by atoms with Crippen LogP contribution in [0.1, 0.15) is 34.0 Å². The number of hydrogen-bond acceptors (Lipinski definition) is 3. The van der Waals surface area contributed by atoms with E-state index in [1.54, 1.807) is 18.5 Å². The minimum atomic E-state index is 0.0638. The molecule has 0 N–H and O–H groups in total. The monoisotopic (exact) mass is 253 g/mol. The number of hydrogen-bond donors (Lipinski definition) is 0. The summed E-state index contributed by atoms with van der Waals surface area (Å²) in [5, 5.41) is 0. The largest absolute Gasteiger partial charge is 0.493 e. The van der Waals surface area contributed by atoms with E-state index >= 15 is 0 Å². The minimum absolute atomic E-state index is 0.0638. The van der Waals surface area contributed by atoms with Gasteiger partial charge in [-0.25, -0.2) is 0 Å². The van der Waals surface area contributed by atoms with Crippen LogP contribution in [-0.2, 0) is 12.8 Å². The predicted molar refractivity (Wildman–Crippen MR) is 72.7 cm³/mol. The zero-order chi connectivity index (χ0) is 13.2. The standard InChI is InChI=1S/C16H15NO2/c1-2-11-10-17-7-5-14(11)16(18)13-3-4-15-12(9-13)6-8-19-15/h3-5,7,9-10H,2,6,8H2,1H3. The second kappa shape index (κ2) is 4.84. The summed E-state index contributed by atoms with van der Waals surface area (Å²) in [7, 11) is 0. The lowest BCUT2D eigenvalue weighted by Gasteiger charge is -2.07. The Kier molecular flexibility index (Phi) is 3.03. The Bertz CT molecular complexity index is 634. The van der Waals surface area contributed by atoms with Gasteiger partial charge in [0.05, 0.1) is 6.61 Å². The molecule has 3 rings (SSSR count). The molecule has 0 atom stereocenters. The Hall–Kier alpha value is -2.16. The van der Waals surface area contributed by atoms with Crippen molar-refractivity contribution in [3.05, 3.63) is 58.9 Å². The van der Waals surface area contributed by atoms with Gasteiger partial charge in [0.2, 0.25) is 0 Å². The van der Waals surface area contributed by atoms with Gasteiger partial charge in [0.15, 0.2) is 5.78 Å². The van der Waals surface area contributed by atoms with Crippen molar-refractivity contribution >= 4 is 5.78 Å². The van der Waals surface area contributed by atoms with E-state index in [1.165, 1.54) is 0 Å². The zero-order valence-electron chi connectivity index (χ0n) is 10.8. The highest BCUT2D eigenvalue weighted by molar-refractivity contribution is 6.10. The highest BCUT2D eigenvalue weighted by Gasteiger charge is 2.17. The topological polar surface area (TPSA) is 39.2 Å². The molecule has 0 saturated heterocycles. The fourth-order valence-electron chi connectivity index (χ4n) is 2.41. The molecule has 0 aliphatic carbocycles. The van der Waals surface area contributed by atoms with Gasteiger partial charge >= 0.3 is 0 Å². The van der Waals surface area contributed by atoms with Crippen molar-refractivity contribution < 1.29 is 9.53 Å². The van der Waals surface area contributed by atoms with E-state index in [0.717, 1.165) is 40.8 Å². The molecule has 1 aromatic carbocycles. The van der Waals surface area contributed by atoms with Gasteiger partial charge in [-0.2, -0.15) is 0 Å². The predicted octanol–water partition coefficient (Wildman–Crippen LogP) is 2.81. The summed E-state index contributed by atoms with van der Waals surface area (Å²) in [6.07, 6.45) is 5.13. The number of nitrogens with zero attached hydrogens (tertiary/aromatic N) is 1. The Morgan fingerprint density at radius 2 is 2.26 bits per heavy atom. The summed E-state index contributed by atoms with van der Waals surface area (Å²) in [6, 6.07) is 7.48. The van der Waals surface area contributed by atoms with Crippen molar-refractivity contribution in [1.82, 2.24) is 4.98 Å². The van der Waals surface area contributed by atoms with Gasteiger partial charge in [0, 0.05) is 29.9 Å². The van der Waals surface area contributed by atoms with Crippen molar-refractivity contribution in [3.63, 3.8) is 0 Å². The second-order valence-electron chi connectivity index (χ2n) is 4.64. The summed E-state index contributed by atoms with van der Waals surface area (Å²) in [5.74, 6) is 0.968. The van der Waals surface area contributed by atoms with Crippen molar-refractivity contribution in [2.24, 2.45) is 0 Å². The van der Waals surface area contributed by atoms with E-state index in [4.69, 9.17) is 4.74 Å². The lowest BCUT2D eigenvalue weighted by atomic mass is 9.97. The lowest BCUT2D eigenvalue weighted by molar-refractivity contribution is 0.103. The van der Waals surface area contributed by atoms with Crippen LogP contribution in [-0.4, -0.2) is 17.4 Å². The summed E-state index contributed by atoms with van der Waals surface area (Å²) < 4.78 is 5.46. The van der Waals surface area contributed by atoms with Crippen LogP contribution in [0, 0.1) is 0 Å². The Balaban J connectivity index is 2.00. The highest BCUT2D eigenvalue weighted by atomic mass is 16.5. The van der Waals surface area contributed by atoms with E-state index in [2.05, 4.69) is 4.98 Å². The number of ether oxygens (including phenoxy) is 1. The number of carbonyl (C=O) groups excluding carboxylic acids is 1. The van der Waals surface area contributed by atoms with E-state index in [-0.39, 0.29) is 5.78 Å². The molecule has 1 aliphatic rings. The molecule has 1 aliphatic heterocycles. The zero-order valence-corrected chi connectivity index (χ0v) is 10.8. The molecule has 96 valence electrons. The van der Waals surface area contributed by atoms with Gasteiger partial charge in [0.25, 0.3) is 0 Å². The summed E-state index contributed by atoms with van der Waals surface area (Å²) in [6.45, 7) is 2.74. The van der Waals surface area contributed by atoms with Crippen LogP contribution < -0.4 is 4.74 Å². The number of pyridine rings is 1. The highest BCUT2D eigenvalue weighted by Crippen LogP contribution is 2.27. The molecule has 0 spiro atoms. The van der Waals surface area contributed by atoms with Gasteiger partial charge in [-0.05, 0) is 41.8 Å². The van der Waals surface area contributed by atoms with Gasteiger partial charge in [-0.3, -0.25) is 9.78 Å². The molecule has 2 aromatic rings. The quantitative estimate of drug-likeness (QED) is 0.790. The fourth-order valence-corrected chi connectivity index (χ4v) is 2.41. The SMILES string of the molecule is CCc1cnccc1C(=O)c1ccc2c(c1)CCO2. The Morgan fingerprint density at radius 3 is 3.11 bits per heavy atom. The molecule has 0 bridgehead atoms. The molecule has 1 aromatic heterocycles. The first-order chi connectivity index (χ1) is 9.29. The van der Waals surface area contributed by atoms with Crippen LogP contribution in [0.3, 0.4) is 0 Å². The number of rotatable bonds is 3. The normalized spacial score (nSPS) is 12.9. The average Bonchev–Trinajstić information content (AvgIpc) is 2.93. The average molecular weight is 253 g/mol. The van der Waals surface area contributed by atoms with E-state index < -0.39 is 0 Å². The molecule has 2 heterocycles. The van der Waals surface area contributed by atoms with Crippen LogP contribution >= 0.6 is 0 Å². The molecular formula is C16H15NO2. The second-order valence-corrected chi connectivity index (χ2v) is 4.64. The number of aromatic nitrogens is 1. The number of benzene rings is 1. The third kappa shape index (κ3) is 2.12. The molecule has 0 saturated carbocycles. The third-order valence-corrected chi connectivity index (χ3v) is 3.48. The molecular weight excluding hydrogens is 238 g/mol. The van der Waals surface area contributed by atoms with Crippen molar-refractivity contribution in [1.29, 1.82) is 0 Å². The summed E-state index contributed by atoms with van der Waals surface area (Å²) >= 11 is 0. The molecule has 0 unspecified atom stereocenters. The number of ketones is 1. The fraction of sp³-hybridized carbons (Fsp3) is 0.250. The van der Waals surface area contributed by atoms with E-state index in [9.17, 15) is 4.79 Å². The van der Waals surface area contributed by atoms with Gasteiger partial charge in [-0.15, -0.1) is 0 Å². The van der Waals surface area contributed by atoms with Crippen LogP contribution in [0.25, 0.3) is 0 Å². The van der Waals surface area contributed by atoms with Crippen molar-refractivity contribution in [2.75, 3.05) is 6.61 Å². The maximum atomic E-state index is 12.6. The molecule has 3 heteroatoms. The number of aryl methyl sites for hydroxylation is 1. The summed E-state index contributed by atoms with van der Waals surface area (Å²) in [4.78, 5) is 16.6. The number of fused-ring (bicyclic) bond motifs is 1. The minimum Gasteiger partial charge on any atom is -0.493 e. The first kappa shape index (κ1) is 11.9. The first-order valence-electron chi connectivity index (χ1n) is 6.53. The summed E-state index contributed by atoms with van der Waals surface area (Å²) in [5.41, 5.74) is 3.59. The maximum absolute atomic E-state index is 12.6. The Morgan fingerprint density at radius 1 is 1.37 bits per heavy atom. The molecule has 3 nitrogen and oxygen atoms in total. The van der Waals surface area contributed by atoms with Crippen LogP contribution in [0.15, 0.2) is 36.7 Å². The van der Waals surface area contributed by atoms with E-state index in [1.807, 2.05) is 25.1 Å². The van der Waals surface area contributed by atoms with Crippen LogP contribution in [0.5, 0.6) is 5.75 Å². The van der Waals surface area contributed by atoms with Gasteiger partial charge < -0.3 is 4.74 Å². The lowest BCUT2D eigenvalue weighted by Crippen LogP contribution is -2.05. The van der Waals surface area contributed by atoms with Gasteiger partial charge in [-0.1, -0.05) is 6.92 Å². The Labute approximate surface area is 112 Å². The molecule has 0 radical (unpaired) electrons.